The van der Waals surface area contributed by atoms with Crippen LogP contribution in [0.1, 0.15) is 46.5 Å². The van der Waals surface area contributed by atoms with Crippen molar-refractivity contribution in [2.75, 3.05) is 20.1 Å². The normalized spacial score (nSPS) is 25.0. The van der Waals surface area contributed by atoms with Crippen LogP contribution < -0.4 is 11.1 Å². The second kappa shape index (κ2) is 7.85. The topological polar surface area (TPSA) is 58.4 Å². The van der Waals surface area contributed by atoms with E-state index in [0.29, 0.717) is 17.9 Å². The van der Waals surface area contributed by atoms with Crippen molar-refractivity contribution >= 4 is 5.91 Å². The van der Waals surface area contributed by atoms with E-state index in [4.69, 9.17) is 5.73 Å². The minimum absolute atomic E-state index is 0.0655. The van der Waals surface area contributed by atoms with Crippen molar-refractivity contribution in [3.8, 4) is 0 Å². The van der Waals surface area contributed by atoms with Gasteiger partial charge in [-0.05, 0) is 51.6 Å². The molecule has 0 aliphatic heterocycles. The number of carbonyl (C=O) groups is 1. The van der Waals surface area contributed by atoms with Crippen LogP contribution in [-0.2, 0) is 4.79 Å². The van der Waals surface area contributed by atoms with Crippen LogP contribution in [0.2, 0.25) is 0 Å². The fourth-order valence-electron chi connectivity index (χ4n) is 2.93. The van der Waals surface area contributed by atoms with Crippen molar-refractivity contribution in [2.45, 2.75) is 58.5 Å². The lowest BCUT2D eigenvalue weighted by atomic mass is 10.0. The van der Waals surface area contributed by atoms with Gasteiger partial charge in [-0.3, -0.25) is 9.69 Å². The van der Waals surface area contributed by atoms with Gasteiger partial charge in [-0.1, -0.05) is 20.3 Å². The molecule has 3 N–H and O–H groups in total. The van der Waals surface area contributed by atoms with Gasteiger partial charge in [0.05, 0.1) is 6.04 Å². The first-order chi connectivity index (χ1) is 8.97. The Kier molecular flexibility index (Phi) is 6.80. The van der Waals surface area contributed by atoms with Gasteiger partial charge >= 0.3 is 0 Å². The molecule has 1 aliphatic carbocycles. The molecular formula is C15H31N3O. The number of amides is 1. The monoisotopic (exact) mass is 269 g/mol. The lowest BCUT2D eigenvalue weighted by Gasteiger charge is -2.33. The first-order valence-corrected chi connectivity index (χ1v) is 7.67. The first kappa shape index (κ1) is 16.4. The van der Waals surface area contributed by atoms with Gasteiger partial charge < -0.3 is 11.1 Å². The Morgan fingerprint density at radius 3 is 2.63 bits per heavy atom. The number of hydrogen-bond acceptors (Lipinski definition) is 3. The molecule has 1 fully saturated rings. The molecule has 19 heavy (non-hydrogen) atoms. The standard InChI is InChI=1S/C15H31N3O/c1-11(2)8-9-17-15(19)12(3)18(4)14-7-5-6-13(14)10-16/h11-14H,5-10,16H2,1-4H3,(H,17,19). The van der Waals surface area contributed by atoms with Gasteiger partial charge in [0.15, 0.2) is 0 Å². The zero-order valence-corrected chi connectivity index (χ0v) is 13.0. The van der Waals surface area contributed by atoms with Crippen molar-refractivity contribution in [2.24, 2.45) is 17.6 Å². The summed E-state index contributed by atoms with van der Waals surface area (Å²) in [4.78, 5) is 14.4. The maximum Gasteiger partial charge on any atom is 0.237 e. The number of nitrogens with zero attached hydrogens (tertiary/aromatic N) is 1. The third-order valence-corrected chi connectivity index (χ3v) is 4.46. The Hall–Kier alpha value is -0.610. The van der Waals surface area contributed by atoms with Gasteiger partial charge in [0.25, 0.3) is 0 Å². The van der Waals surface area contributed by atoms with Gasteiger partial charge in [-0.2, -0.15) is 0 Å². The summed E-state index contributed by atoms with van der Waals surface area (Å²) in [5.74, 6) is 1.33. The summed E-state index contributed by atoms with van der Waals surface area (Å²) in [7, 11) is 2.06. The average molecular weight is 269 g/mol. The van der Waals surface area contributed by atoms with Crippen LogP contribution in [0.4, 0.5) is 0 Å². The molecule has 0 radical (unpaired) electrons. The summed E-state index contributed by atoms with van der Waals surface area (Å²) in [6, 6.07) is 0.403. The van der Waals surface area contributed by atoms with Crippen LogP contribution in [0.3, 0.4) is 0 Å². The van der Waals surface area contributed by atoms with E-state index >= 15 is 0 Å². The molecule has 1 saturated carbocycles. The number of rotatable bonds is 7. The van der Waals surface area contributed by atoms with E-state index < -0.39 is 0 Å². The molecular weight excluding hydrogens is 238 g/mol. The first-order valence-electron chi connectivity index (χ1n) is 7.67. The Bertz CT molecular complexity index is 281. The maximum atomic E-state index is 12.1. The van der Waals surface area contributed by atoms with E-state index in [0.717, 1.165) is 19.5 Å². The molecule has 0 aromatic rings. The molecule has 1 rings (SSSR count). The number of nitrogens with two attached hydrogens (primary N) is 1. The third kappa shape index (κ3) is 4.77. The van der Waals surface area contributed by atoms with Gasteiger partial charge in [-0.15, -0.1) is 0 Å². The number of hydrogen-bond donors (Lipinski definition) is 2. The van der Waals surface area contributed by atoms with Crippen molar-refractivity contribution < 1.29 is 4.79 Å². The van der Waals surface area contributed by atoms with Gasteiger partial charge in [0.2, 0.25) is 5.91 Å². The molecule has 0 bridgehead atoms. The highest BCUT2D eigenvalue weighted by atomic mass is 16.2. The average Bonchev–Trinajstić information content (AvgIpc) is 2.84. The molecule has 112 valence electrons. The number of nitrogens with one attached hydrogen (secondary N) is 1. The SMILES string of the molecule is CC(C)CCNC(=O)C(C)N(C)C1CCCC1CN. The van der Waals surface area contributed by atoms with Gasteiger partial charge in [0.1, 0.15) is 0 Å². The van der Waals surface area contributed by atoms with Crippen LogP contribution >= 0.6 is 0 Å². The molecule has 0 heterocycles. The molecule has 3 atom stereocenters. The molecule has 4 heteroatoms. The maximum absolute atomic E-state index is 12.1. The zero-order chi connectivity index (χ0) is 14.4. The Morgan fingerprint density at radius 1 is 1.37 bits per heavy atom. The molecule has 3 unspecified atom stereocenters. The summed E-state index contributed by atoms with van der Waals surface area (Å²) >= 11 is 0. The smallest absolute Gasteiger partial charge is 0.237 e. The predicted octanol–water partition coefficient (Wildman–Crippen LogP) is 1.60. The second-order valence-electron chi connectivity index (χ2n) is 6.31. The fraction of sp³-hybridized carbons (Fsp3) is 0.933. The molecule has 1 amide bonds. The number of carbonyl (C=O) groups excluding carboxylic acids is 1. The fourth-order valence-corrected chi connectivity index (χ4v) is 2.93. The molecule has 0 spiro atoms. The van der Waals surface area contributed by atoms with Gasteiger partial charge in [-0.25, -0.2) is 0 Å². The molecule has 0 aromatic heterocycles. The molecule has 4 nitrogen and oxygen atoms in total. The van der Waals surface area contributed by atoms with Crippen LogP contribution in [-0.4, -0.2) is 43.0 Å². The van der Waals surface area contributed by atoms with E-state index in [-0.39, 0.29) is 11.9 Å². The summed E-state index contributed by atoms with van der Waals surface area (Å²) in [5, 5.41) is 3.04. The van der Waals surface area contributed by atoms with Crippen molar-refractivity contribution in [1.29, 1.82) is 0 Å². The third-order valence-electron chi connectivity index (χ3n) is 4.46. The van der Waals surface area contributed by atoms with Crippen molar-refractivity contribution in [3.63, 3.8) is 0 Å². The van der Waals surface area contributed by atoms with Crippen molar-refractivity contribution in [3.05, 3.63) is 0 Å². The Labute approximate surface area is 118 Å². The lowest BCUT2D eigenvalue weighted by Crippen LogP contribution is -2.49. The highest BCUT2D eigenvalue weighted by Gasteiger charge is 2.33. The molecule has 0 saturated heterocycles. The summed E-state index contributed by atoms with van der Waals surface area (Å²) in [6.45, 7) is 7.85. The lowest BCUT2D eigenvalue weighted by molar-refractivity contribution is -0.126. The van der Waals surface area contributed by atoms with Gasteiger partial charge in [0, 0.05) is 12.6 Å². The zero-order valence-electron chi connectivity index (χ0n) is 13.0. The van der Waals surface area contributed by atoms with E-state index in [1.807, 2.05) is 6.92 Å². The van der Waals surface area contributed by atoms with E-state index in [1.54, 1.807) is 0 Å². The van der Waals surface area contributed by atoms with E-state index in [9.17, 15) is 4.79 Å². The highest BCUT2D eigenvalue weighted by molar-refractivity contribution is 5.81. The second-order valence-corrected chi connectivity index (χ2v) is 6.31. The molecule has 0 aromatic carbocycles. The van der Waals surface area contributed by atoms with Crippen LogP contribution in [0.5, 0.6) is 0 Å². The quantitative estimate of drug-likeness (QED) is 0.738. The summed E-state index contributed by atoms with van der Waals surface area (Å²) < 4.78 is 0. The summed E-state index contributed by atoms with van der Waals surface area (Å²) in [6.07, 6.45) is 4.64. The van der Waals surface area contributed by atoms with E-state index in [2.05, 4.69) is 31.1 Å². The van der Waals surface area contributed by atoms with Crippen LogP contribution in [0.25, 0.3) is 0 Å². The van der Waals surface area contributed by atoms with Crippen molar-refractivity contribution in [1.82, 2.24) is 10.2 Å². The minimum atomic E-state index is -0.0655. The number of likely N-dealkylation sites (N-methyl/N-ethyl adjacent to an activating group) is 1. The van der Waals surface area contributed by atoms with E-state index in [1.165, 1.54) is 19.3 Å². The van der Waals surface area contributed by atoms with Crippen LogP contribution in [0, 0.1) is 11.8 Å². The predicted molar refractivity (Wildman–Crippen MR) is 79.9 cm³/mol. The Morgan fingerprint density at radius 2 is 2.05 bits per heavy atom. The Balaban J connectivity index is 2.42. The summed E-state index contributed by atoms with van der Waals surface area (Å²) in [5.41, 5.74) is 5.82. The largest absolute Gasteiger partial charge is 0.355 e. The molecule has 1 aliphatic rings. The minimum Gasteiger partial charge on any atom is -0.355 e. The highest BCUT2D eigenvalue weighted by Crippen LogP contribution is 2.29. The van der Waals surface area contributed by atoms with Crippen LogP contribution in [0.15, 0.2) is 0 Å².